The van der Waals surface area contributed by atoms with Crippen LogP contribution in [0.1, 0.15) is 12.8 Å². The van der Waals surface area contributed by atoms with E-state index in [2.05, 4.69) is 15.2 Å². The van der Waals surface area contributed by atoms with Crippen molar-refractivity contribution in [2.24, 2.45) is 13.0 Å². The number of hydrogen-bond donors (Lipinski definition) is 1. The van der Waals surface area contributed by atoms with E-state index >= 15 is 0 Å². The number of nitrogens with zero attached hydrogens (tertiary/aromatic N) is 3. The first kappa shape index (κ1) is 20.2. The molecule has 1 atom stereocenters. The van der Waals surface area contributed by atoms with Gasteiger partial charge in [0.05, 0.1) is 12.1 Å². The van der Waals surface area contributed by atoms with Crippen LogP contribution in [0.15, 0.2) is 41.6 Å². The van der Waals surface area contributed by atoms with E-state index in [1.54, 1.807) is 7.05 Å². The van der Waals surface area contributed by atoms with Crippen LogP contribution in [0.5, 0.6) is 5.75 Å². The summed E-state index contributed by atoms with van der Waals surface area (Å²) in [6.07, 6.45) is 3.81. The van der Waals surface area contributed by atoms with E-state index in [4.69, 9.17) is 0 Å². The minimum absolute atomic E-state index is 0.0144. The Hall–Kier alpha value is -2.53. The molecular weight excluding hydrogens is 394 g/mol. The third kappa shape index (κ3) is 4.65. The first-order chi connectivity index (χ1) is 13.3. The van der Waals surface area contributed by atoms with E-state index in [0.29, 0.717) is 25.1 Å². The van der Waals surface area contributed by atoms with Crippen LogP contribution in [0, 0.1) is 5.92 Å². The molecule has 152 valence electrons. The number of aromatic nitrogens is 2. The molecule has 2 heterocycles. The lowest BCUT2D eigenvalue weighted by Gasteiger charge is -2.30. The quantitative estimate of drug-likeness (QED) is 0.781. The van der Waals surface area contributed by atoms with Crippen molar-refractivity contribution in [2.45, 2.75) is 24.3 Å². The Morgan fingerprint density at radius 1 is 1.32 bits per heavy atom. The van der Waals surface area contributed by atoms with Crippen molar-refractivity contribution in [1.29, 1.82) is 0 Å². The normalized spacial score (nSPS) is 18.2. The van der Waals surface area contributed by atoms with Crippen molar-refractivity contribution in [1.82, 2.24) is 14.1 Å². The maximum absolute atomic E-state index is 12.7. The van der Waals surface area contributed by atoms with Gasteiger partial charge in [-0.2, -0.15) is 18.2 Å². The summed E-state index contributed by atoms with van der Waals surface area (Å²) in [4.78, 5) is 12.6. The molecule has 0 bridgehead atoms. The van der Waals surface area contributed by atoms with Gasteiger partial charge in [0.1, 0.15) is 10.6 Å². The van der Waals surface area contributed by atoms with Crippen molar-refractivity contribution in [3.8, 4) is 5.75 Å². The number of amides is 1. The molecule has 1 saturated heterocycles. The Labute approximate surface area is 161 Å². The van der Waals surface area contributed by atoms with Crippen molar-refractivity contribution in [3.63, 3.8) is 0 Å². The maximum atomic E-state index is 12.7. The van der Waals surface area contributed by atoms with Crippen LogP contribution in [-0.2, 0) is 21.9 Å². The van der Waals surface area contributed by atoms with E-state index in [-0.39, 0.29) is 23.1 Å². The van der Waals surface area contributed by atoms with Crippen LogP contribution in [0.25, 0.3) is 0 Å². The largest absolute Gasteiger partial charge is 0.435 e. The second-order valence-electron chi connectivity index (χ2n) is 6.44. The molecule has 1 aliphatic rings. The van der Waals surface area contributed by atoms with Gasteiger partial charge >= 0.3 is 6.61 Å². The van der Waals surface area contributed by atoms with Gasteiger partial charge in [-0.15, -0.1) is 0 Å². The Morgan fingerprint density at radius 2 is 2.04 bits per heavy atom. The third-order valence-electron chi connectivity index (χ3n) is 4.42. The van der Waals surface area contributed by atoms with Crippen molar-refractivity contribution in [3.05, 3.63) is 36.7 Å². The van der Waals surface area contributed by atoms with E-state index in [1.807, 2.05) is 0 Å². The number of piperidine rings is 1. The molecule has 1 aromatic carbocycles. The van der Waals surface area contributed by atoms with Crippen LogP contribution in [0.3, 0.4) is 0 Å². The van der Waals surface area contributed by atoms with Crippen molar-refractivity contribution < 1.29 is 26.7 Å². The molecule has 1 unspecified atom stereocenters. The Balaban J connectivity index is 1.64. The summed E-state index contributed by atoms with van der Waals surface area (Å²) in [5.74, 6) is -0.856. The highest BCUT2D eigenvalue weighted by Crippen LogP contribution is 2.25. The molecule has 28 heavy (non-hydrogen) atoms. The van der Waals surface area contributed by atoms with Gasteiger partial charge in [-0.25, -0.2) is 8.42 Å². The fourth-order valence-electron chi connectivity index (χ4n) is 3.02. The average Bonchev–Trinajstić information content (AvgIpc) is 3.10. The van der Waals surface area contributed by atoms with Crippen LogP contribution >= 0.6 is 0 Å². The molecule has 0 aliphatic carbocycles. The zero-order chi connectivity index (χ0) is 20.3. The van der Waals surface area contributed by atoms with Crippen molar-refractivity contribution >= 4 is 21.6 Å². The molecule has 1 aromatic heterocycles. The standard InChI is InChI=1S/C17H20F2N4O4S/c1-22-11-15(9-20-22)28(25,26)23-8-2-3-12(10-23)16(24)21-13-4-6-14(7-5-13)27-17(18)19/h4-7,9,11-12,17H,2-3,8,10H2,1H3,(H,21,24). The Kier molecular flexibility index (Phi) is 5.94. The molecule has 0 spiro atoms. The van der Waals surface area contributed by atoms with Gasteiger partial charge in [-0.05, 0) is 37.1 Å². The predicted octanol–water partition coefficient (Wildman–Crippen LogP) is 2.06. The fourth-order valence-corrected chi connectivity index (χ4v) is 4.53. The van der Waals surface area contributed by atoms with E-state index in [9.17, 15) is 22.0 Å². The predicted molar refractivity (Wildman–Crippen MR) is 96.4 cm³/mol. The van der Waals surface area contributed by atoms with Crippen LogP contribution in [0.2, 0.25) is 0 Å². The molecule has 3 rings (SSSR count). The molecule has 1 N–H and O–H groups in total. The minimum Gasteiger partial charge on any atom is -0.435 e. The number of rotatable bonds is 6. The monoisotopic (exact) mass is 414 g/mol. The van der Waals surface area contributed by atoms with E-state index < -0.39 is 22.6 Å². The fraction of sp³-hybridized carbons (Fsp3) is 0.412. The molecule has 0 radical (unpaired) electrons. The Morgan fingerprint density at radius 3 is 2.64 bits per heavy atom. The smallest absolute Gasteiger partial charge is 0.387 e. The summed E-state index contributed by atoms with van der Waals surface area (Å²) in [7, 11) is -2.09. The molecule has 11 heteroatoms. The number of sulfonamides is 1. The number of hydrogen-bond acceptors (Lipinski definition) is 5. The number of aryl methyl sites for hydroxylation is 1. The number of anilines is 1. The SMILES string of the molecule is Cn1cc(S(=O)(=O)N2CCCC(C(=O)Nc3ccc(OC(F)F)cc3)C2)cn1. The van der Waals surface area contributed by atoms with Gasteiger partial charge < -0.3 is 10.1 Å². The molecule has 1 aliphatic heterocycles. The lowest BCUT2D eigenvalue weighted by molar-refractivity contribution is -0.120. The zero-order valence-electron chi connectivity index (χ0n) is 15.1. The summed E-state index contributed by atoms with van der Waals surface area (Å²) in [6, 6.07) is 5.54. The first-order valence-corrected chi connectivity index (χ1v) is 10.0. The molecule has 1 fully saturated rings. The lowest BCUT2D eigenvalue weighted by atomic mass is 9.99. The summed E-state index contributed by atoms with van der Waals surface area (Å²) in [5, 5.41) is 6.58. The van der Waals surface area contributed by atoms with Gasteiger partial charge in [0, 0.05) is 32.0 Å². The Bertz CT molecular complexity index is 931. The van der Waals surface area contributed by atoms with Crippen LogP contribution in [0.4, 0.5) is 14.5 Å². The molecule has 1 amide bonds. The van der Waals surface area contributed by atoms with Crippen LogP contribution in [-0.4, -0.2) is 48.1 Å². The number of ether oxygens (including phenoxy) is 1. The molecule has 0 saturated carbocycles. The minimum atomic E-state index is -3.72. The summed E-state index contributed by atoms with van der Waals surface area (Å²) < 4.78 is 56.8. The molecule has 8 nitrogen and oxygen atoms in total. The maximum Gasteiger partial charge on any atom is 0.387 e. The number of halogens is 2. The number of benzene rings is 1. The lowest BCUT2D eigenvalue weighted by Crippen LogP contribution is -2.43. The summed E-state index contributed by atoms with van der Waals surface area (Å²) in [6.45, 7) is -2.52. The second-order valence-corrected chi connectivity index (χ2v) is 8.38. The van der Waals surface area contributed by atoms with Crippen LogP contribution < -0.4 is 10.1 Å². The zero-order valence-corrected chi connectivity index (χ0v) is 15.9. The van der Waals surface area contributed by atoms with E-state index in [1.165, 1.54) is 45.6 Å². The third-order valence-corrected chi connectivity index (χ3v) is 6.24. The first-order valence-electron chi connectivity index (χ1n) is 8.60. The van der Waals surface area contributed by atoms with Crippen molar-refractivity contribution in [2.75, 3.05) is 18.4 Å². The van der Waals surface area contributed by atoms with Gasteiger partial charge in [0.25, 0.3) is 0 Å². The van der Waals surface area contributed by atoms with E-state index in [0.717, 1.165) is 0 Å². The van der Waals surface area contributed by atoms with Gasteiger partial charge in [-0.3, -0.25) is 9.48 Å². The average molecular weight is 414 g/mol. The van der Waals surface area contributed by atoms with Gasteiger partial charge in [-0.1, -0.05) is 0 Å². The number of alkyl halides is 2. The number of nitrogens with one attached hydrogen (secondary N) is 1. The van der Waals surface area contributed by atoms with Gasteiger partial charge in [0.15, 0.2) is 0 Å². The highest BCUT2D eigenvalue weighted by Gasteiger charge is 2.34. The summed E-state index contributed by atoms with van der Waals surface area (Å²) >= 11 is 0. The van der Waals surface area contributed by atoms with Gasteiger partial charge in [0.2, 0.25) is 15.9 Å². The number of carbonyl (C=O) groups excluding carboxylic acids is 1. The number of carbonyl (C=O) groups is 1. The topological polar surface area (TPSA) is 93.5 Å². The summed E-state index contributed by atoms with van der Waals surface area (Å²) in [5.41, 5.74) is 0.416. The second kappa shape index (κ2) is 8.23. The highest BCUT2D eigenvalue weighted by atomic mass is 32.2. The molecular formula is C17H20F2N4O4S. The highest BCUT2D eigenvalue weighted by molar-refractivity contribution is 7.89. The molecule has 2 aromatic rings.